The van der Waals surface area contributed by atoms with E-state index >= 15 is 0 Å². The van der Waals surface area contributed by atoms with Gasteiger partial charge in [-0.3, -0.25) is 0 Å². The van der Waals surface area contributed by atoms with Crippen LogP contribution in [0.2, 0.25) is 0 Å². The average molecular weight is 439 g/mol. The monoisotopic (exact) mass is 439 g/mol. The molecule has 0 aliphatic rings. The third kappa shape index (κ3) is 2.98. The fourth-order valence-corrected chi connectivity index (χ4v) is 4.05. The summed E-state index contributed by atoms with van der Waals surface area (Å²) in [6, 6.07) is 15.5. The standard InChI is InChI=1S/C24H17F4N3O/c1-30-11-10-15-12-17(2-8-21(15)30)23(32,24(26,27)28)18-3-9-22-16(13-18)14-29-31(22)20-6-4-19(25)5-7-20/h2-14,32H,1H3. The zero-order valence-electron chi connectivity index (χ0n) is 16.8. The predicted octanol–water partition coefficient (Wildman–Crippen LogP) is 5.45. The molecular weight excluding hydrogens is 422 g/mol. The number of benzene rings is 3. The molecule has 0 aliphatic carbocycles. The minimum atomic E-state index is -4.96. The van der Waals surface area contributed by atoms with E-state index in [1.165, 1.54) is 65.5 Å². The van der Waals surface area contributed by atoms with Gasteiger partial charge < -0.3 is 9.67 Å². The molecule has 5 rings (SSSR count). The molecule has 32 heavy (non-hydrogen) atoms. The summed E-state index contributed by atoms with van der Waals surface area (Å²) in [7, 11) is 1.80. The molecule has 162 valence electrons. The third-order valence-electron chi connectivity index (χ3n) is 5.77. The van der Waals surface area contributed by atoms with Crippen LogP contribution in [0.4, 0.5) is 17.6 Å². The van der Waals surface area contributed by atoms with Gasteiger partial charge >= 0.3 is 6.18 Å². The van der Waals surface area contributed by atoms with Gasteiger partial charge in [-0.2, -0.15) is 18.3 Å². The van der Waals surface area contributed by atoms with E-state index in [2.05, 4.69) is 5.10 Å². The number of aliphatic hydroxyl groups is 1. The zero-order chi connectivity index (χ0) is 22.7. The summed E-state index contributed by atoms with van der Waals surface area (Å²) in [5.74, 6) is -0.405. The fourth-order valence-electron chi connectivity index (χ4n) is 4.05. The van der Waals surface area contributed by atoms with Gasteiger partial charge in [0.15, 0.2) is 0 Å². The molecule has 0 saturated heterocycles. The Morgan fingerprint density at radius 1 is 0.812 bits per heavy atom. The van der Waals surface area contributed by atoms with Crippen LogP contribution >= 0.6 is 0 Å². The number of alkyl halides is 3. The van der Waals surface area contributed by atoms with E-state index in [9.17, 15) is 22.7 Å². The van der Waals surface area contributed by atoms with Crippen LogP contribution in [0.25, 0.3) is 27.5 Å². The molecule has 0 saturated carbocycles. The van der Waals surface area contributed by atoms with Gasteiger partial charge in [0.05, 0.1) is 17.4 Å². The van der Waals surface area contributed by atoms with Gasteiger partial charge in [-0.25, -0.2) is 9.07 Å². The Hall–Kier alpha value is -3.65. The van der Waals surface area contributed by atoms with Crippen LogP contribution in [0.1, 0.15) is 11.1 Å². The van der Waals surface area contributed by atoms with Crippen molar-refractivity contribution in [3.05, 3.63) is 96.1 Å². The summed E-state index contributed by atoms with van der Waals surface area (Å²) in [5.41, 5.74) is -1.93. The number of aromatic nitrogens is 3. The minimum Gasteiger partial charge on any atom is -0.372 e. The highest BCUT2D eigenvalue weighted by atomic mass is 19.4. The molecule has 0 radical (unpaired) electrons. The van der Waals surface area contributed by atoms with E-state index in [0.29, 0.717) is 22.0 Å². The van der Waals surface area contributed by atoms with E-state index in [1.807, 2.05) is 0 Å². The van der Waals surface area contributed by atoms with Crippen molar-refractivity contribution in [1.29, 1.82) is 0 Å². The van der Waals surface area contributed by atoms with Crippen molar-refractivity contribution in [1.82, 2.24) is 14.3 Å². The lowest BCUT2D eigenvalue weighted by atomic mass is 9.84. The van der Waals surface area contributed by atoms with Gasteiger partial charge in [-0.05, 0) is 71.1 Å². The number of halogens is 4. The molecule has 3 aromatic carbocycles. The van der Waals surface area contributed by atoms with Crippen molar-refractivity contribution in [2.75, 3.05) is 0 Å². The van der Waals surface area contributed by atoms with Crippen molar-refractivity contribution in [2.24, 2.45) is 7.05 Å². The van der Waals surface area contributed by atoms with Crippen LogP contribution in [0.3, 0.4) is 0 Å². The first kappa shape index (κ1) is 20.3. The minimum absolute atomic E-state index is 0.269. The maximum absolute atomic E-state index is 14.3. The second-order valence-corrected chi connectivity index (χ2v) is 7.71. The SMILES string of the molecule is Cn1ccc2cc(C(O)(c3ccc4c(cnn4-c4ccc(F)cc4)c3)C(F)(F)F)ccc21. The lowest BCUT2D eigenvalue weighted by Gasteiger charge is -2.31. The number of nitrogens with zero attached hydrogens (tertiary/aromatic N) is 3. The normalized spacial score (nSPS) is 14.2. The highest BCUT2D eigenvalue weighted by molar-refractivity contribution is 5.83. The van der Waals surface area contributed by atoms with E-state index in [0.717, 1.165) is 5.52 Å². The maximum Gasteiger partial charge on any atom is 0.425 e. The maximum atomic E-state index is 14.3. The molecule has 0 bridgehead atoms. The fraction of sp³-hybridized carbons (Fsp3) is 0.125. The number of rotatable bonds is 3. The summed E-state index contributed by atoms with van der Waals surface area (Å²) in [6.07, 6.45) is -1.80. The molecule has 1 unspecified atom stereocenters. The van der Waals surface area contributed by atoms with Gasteiger partial charge in [0.1, 0.15) is 5.82 Å². The number of aryl methyl sites for hydroxylation is 1. The highest BCUT2D eigenvalue weighted by Crippen LogP contribution is 2.45. The summed E-state index contributed by atoms with van der Waals surface area (Å²) in [5, 5.41) is 16.3. The highest BCUT2D eigenvalue weighted by Gasteiger charge is 2.56. The van der Waals surface area contributed by atoms with Crippen LogP contribution in [-0.4, -0.2) is 25.6 Å². The number of hydrogen-bond donors (Lipinski definition) is 1. The molecule has 0 aliphatic heterocycles. The first-order valence-electron chi connectivity index (χ1n) is 9.77. The lowest BCUT2D eigenvalue weighted by Crippen LogP contribution is -2.43. The average Bonchev–Trinajstić information content (AvgIpc) is 3.36. The number of fused-ring (bicyclic) bond motifs is 2. The third-order valence-corrected chi connectivity index (χ3v) is 5.77. The van der Waals surface area contributed by atoms with Crippen LogP contribution in [0, 0.1) is 5.82 Å². The summed E-state index contributed by atoms with van der Waals surface area (Å²) in [4.78, 5) is 0. The van der Waals surface area contributed by atoms with Crippen molar-refractivity contribution in [3.8, 4) is 5.69 Å². The first-order valence-corrected chi connectivity index (χ1v) is 9.77. The molecule has 1 atom stereocenters. The van der Waals surface area contributed by atoms with E-state index in [4.69, 9.17) is 0 Å². The van der Waals surface area contributed by atoms with Crippen LogP contribution in [0.5, 0.6) is 0 Å². The lowest BCUT2D eigenvalue weighted by molar-refractivity contribution is -0.248. The molecule has 2 heterocycles. The molecule has 8 heteroatoms. The number of hydrogen-bond acceptors (Lipinski definition) is 2. The van der Waals surface area contributed by atoms with Crippen molar-refractivity contribution < 1.29 is 22.7 Å². The Balaban J connectivity index is 1.66. The molecule has 4 nitrogen and oxygen atoms in total. The van der Waals surface area contributed by atoms with Crippen LogP contribution in [-0.2, 0) is 12.6 Å². The van der Waals surface area contributed by atoms with Crippen LogP contribution < -0.4 is 0 Å². The summed E-state index contributed by atoms with van der Waals surface area (Å²) >= 11 is 0. The second kappa shape index (κ2) is 6.93. The van der Waals surface area contributed by atoms with E-state index in [1.54, 1.807) is 29.9 Å². The summed E-state index contributed by atoms with van der Waals surface area (Å²) < 4.78 is 59.4. The van der Waals surface area contributed by atoms with E-state index < -0.39 is 17.6 Å². The largest absolute Gasteiger partial charge is 0.425 e. The quantitative estimate of drug-likeness (QED) is 0.380. The van der Waals surface area contributed by atoms with Gasteiger partial charge in [-0.1, -0.05) is 12.1 Å². The molecular formula is C24H17F4N3O. The smallest absolute Gasteiger partial charge is 0.372 e. The summed E-state index contributed by atoms with van der Waals surface area (Å²) in [6.45, 7) is 0. The van der Waals surface area contributed by atoms with Gasteiger partial charge in [-0.15, -0.1) is 0 Å². The Bertz CT molecular complexity index is 1450. The molecule has 0 spiro atoms. The van der Waals surface area contributed by atoms with Crippen molar-refractivity contribution in [2.45, 2.75) is 11.8 Å². The molecule has 1 N–H and O–H groups in total. The van der Waals surface area contributed by atoms with Gasteiger partial charge in [0.25, 0.3) is 0 Å². The van der Waals surface area contributed by atoms with Gasteiger partial charge in [0.2, 0.25) is 5.60 Å². The molecule has 0 fully saturated rings. The molecule has 0 amide bonds. The van der Waals surface area contributed by atoms with Gasteiger partial charge in [0, 0.05) is 24.1 Å². The Morgan fingerprint density at radius 2 is 1.44 bits per heavy atom. The second-order valence-electron chi connectivity index (χ2n) is 7.71. The molecule has 5 aromatic rings. The Labute approximate surface area is 179 Å². The first-order chi connectivity index (χ1) is 15.2. The van der Waals surface area contributed by atoms with E-state index in [-0.39, 0.29) is 11.1 Å². The molecule has 2 aromatic heterocycles. The zero-order valence-corrected chi connectivity index (χ0v) is 16.8. The Kier molecular flexibility index (Phi) is 4.39. The predicted molar refractivity (Wildman–Crippen MR) is 113 cm³/mol. The van der Waals surface area contributed by atoms with Crippen molar-refractivity contribution in [3.63, 3.8) is 0 Å². The Morgan fingerprint density at radius 3 is 2.09 bits per heavy atom. The van der Waals surface area contributed by atoms with Crippen LogP contribution in [0.15, 0.2) is 79.1 Å². The van der Waals surface area contributed by atoms with Crippen molar-refractivity contribution >= 4 is 21.8 Å². The topological polar surface area (TPSA) is 43.0 Å².